The van der Waals surface area contributed by atoms with Crippen LogP contribution in [0, 0.1) is 17.8 Å². The Morgan fingerprint density at radius 1 is 0.407 bits per heavy atom. The zero-order valence-electron chi connectivity index (χ0n) is 16.4. The van der Waals surface area contributed by atoms with E-state index in [2.05, 4.69) is 0 Å². The van der Waals surface area contributed by atoms with Gasteiger partial charge in [-0.2, -0.15) is 0 Å². The molecule has 156 valence electrons. The van der Waals surface area contributed by atoms with E-state index in [-0.39, 0.29) is 17.8 Å². The van der Waals surface area contributed by atoms with Crippen molar-refractivity contribution in [3.05, 3.63) is 0 Å². The second-order valence-corrected chi connectivity index (χ2v) is 8.02. The van der Waals surface area contributed by atoms with Crippen LogP contribution in [0.5, 0.6) is 0 Å². The quantitative estimate of drug-likeness (QED) is 0.634. The monoisotopic (exact) mass is 384 g/mol. The Morgan fingerprint density at radius 2 is 0.593 bits per heavy atom. The van der Waals surface area contributed by atoms with Crippen molar-refractivity contribution in [2.24, 2.45) is 17.8 Å². The van der Waals surface area contributed by atoms with Gasteiger partial charge in [-0.25, -0.2) is 0 Å². The zero-order chi connectivity index (χ0) is 20.1. The van der Waals surface area contributed by atoms with Gasteiger partial charge in [0.2, 0.25) is 0 Å². The first kappa shape index (κ1) is 23.4. The highest BCUT2D eigenvalue weighted by Gasteiger charge is 2.20. The summed E-state index contributed by atoms with van der Waals surface area (Å²) in [7, 11) is 0. The van der Waals surface area contributed by atoms with Crippen LogP contribution in [0.2, 0.25) is 0 Å². The third-order valence-corrected chi connectivity index (χ3v) is 5.86. The van der Waals surface area contributed by atoms with Crippen molar-refractivity contribution in [1.82, 2.24) is 0 Å². The molecule has 1 aliphatic carbocycles. The Kier molecular flexibility index (Phi) is 11.8. The summed E-state index contributed by atoms with van der Waals surface area (Å²) < 4.78 is 0. The van der Waals surface area contributed by atoms with Gasteiger partial charge in [-0.15, -0.1) is 0 Å². The first-order valence-corrected chi connectivity index (χ1v) is 10.6. The van der Waals surface area contributed by atoms with E-state index in [4.69, 9.17) is 0 Å². The van der Waals surface area contributed by atoms with Crippen LogP contribution in [-0.4, -0.2) is 33.2 Å². The summed E-state index contributed by atoms with van der Waals surface area (Å²) in [5.74, 6) is -3.28. The maximum Gasteiger partial charge on any atom is 0.306 e. The molecular formula is C21H36O6. The third-order valence-electron chi connectivity index (χ3n) is 5.86. The Labute approximate surface area is 162 Å². The molecule has 0 bridgehead atoms. The van der Waals surface area contributed by atoms with E-state index in [9.17, 15) is 29.7 Å². The predicted octanol–water partition coefficient (Wildman–Crippen LogP) is 4.95. The topological polar surface area (TPSA) is 112 Å². The number of hydrogen-bond donors (Lipinski definition) is 3. The lowest BCUT2D eigenvalue weighted by Crippen LogP contribution is -2.16. The lowest BCUT2D eigenvalue weighted by atomic mass is 9.90. The molecule has 0 saturated heterocycles. The van der Waals surface area contributed by atoms with Gasteiger partial charge in [0.05, 0.1) is 17.8 Å². The number of carboxylic acids is 3. The highest BCUT2D eigenvalue weighted by Crippen LogP contribution is 2.24. The van der Waals surface area contributed by atoms with Crippen LogP contribution in [0.25, 0.3) is 0 Å². The highest BCUT2D eigenvalue weighted by atomic mass is 16.4. The number of carboxylic acid groups (broad SMARTS) is 3. The van der Waals surface area contributed by atoms with Gasteiger partial charge in [0.1, 0.15) is 0 Å². The van der Waals surface area contributed by atoms with E-state index < -0.39 is 17.9 Å². The predicted molar refractivity (Wildman–Crippen MR) is 103 cm³/mol. The molecule has 1 rings (SSSR count). The SMILES string of the molecule is O=C(O)C1CCCCCC(C(=O)O)CCCCCC(C(=O)O)CCCCC1. The van der Waals surface area contributed by atoms with E-state index in [1.165, 1.54) is 0 Å². The summed E-state index contributed by atoms with van der Waals surface area (Å²) in [6.07, 6.45) is 11.5. The van der Waals surface area contributed by atoms with Gasteiger partial charge in [0, 0.05) is 0 Å². The lowest BCUT2D eigenvalue weighted by Gasteiger charge is -2.16. The Balaban J connectivity index is 2.59. The van der Waals surface area contributed by atoms with Crippen LogP contribution in [0.4, 0.5) is 0 Å². The summed E-state index contributed by atoms with van der Waals surface area (Å²) in [5.41, 5.74) is 0. The summed E-state index contributed by atoms with van der Waals surface area (Å²) in [4.78, 5) is 34.2. The normalized spacial score (nSPS) is 27.8. The van der Waals surface area contributed by atoms with E-state index in [0.29, 0.717) is 38.5 Å². The van der Waals surface area contributed by atoms with Crippen molar-refractivity contribution in [2.75, 3.05) is 0 Å². The van der Waals surface area contributed by atoms with E-state index >= 15 is 0 Å². The van der Waals surface area contributed by atoms with Crippen molar-refractivity contribution in [3.63, 3.8) is 0 Å². The minimum Gasteiger partial charge on any atom is -0.481 e. The van der Waals surface area contributed by atoms with E-state index in [1.54, 1.807) is 0 Å². The molecule has 1 saturated carbocycles. The Morgan fingerprint density at radius 3 is 0.741 bits per heavy atom. The highest BCUT2D eigenvalue weighted by molar-refractivity contribution is 5.70. The average Bonchev–Trinajstić information content (AvgIpc) is 2.60. The van der Waals surface area contributed by atoms with E-state index in [0.717, 1.165) is 57.8 Å². The summed E-state index contributed by atoms with van der Waals surface area (Å²) in [6, 6.07) is 0. The molecule has 1 fully saturated rings. The van der Waals surface area contributed by atoms with Crippen molar-refractivity contribution in [3.8, 4) is 0 Å². The second kappa shape index (κ2) is 13.6. The number of carbonyl (C=O) groups is 3. The molecule has 1 aliphatic rings. The molecule has 0 amide bonds. The largest absolute Gasteiger partial charge is 0.481 e. The van der Waals surface area contributed by atoms with Crippen molar-refractivity contribution in [2.45, 2.75) is 96.3 Å². The summed E-state index contributed by atoms with van der Waals surface area (Å²) in [6.45, 7) is 0. The van der Waals surface area contributed by atoms with Gasteiger partial charge in [-0.3, -0.25) is 14.4 Å². The third kappa shape index (κ3) is 10.4. The van der Waals surface area contributed by atoms with Crippen molar-refractivity contribution in [1.29, 1.82) is 0 Å². The molecule has 6 nitrogen and oxygen atoms in total. The van der Waals surface area contributed by atoms with Crippen LogP contribution in [0.1, 0.15) is 96.3 Å². The summed E-state index contributed by atoms with van der Waals surface area (Å²) >= 11 is 0. The molecule has 0 radical (unpaired) electrons. The van der Waals surface area contributed by atoms with Crippen molar-refractivity contribution >= 4 is 17.9 Å². The Hall–Kier alpha value is -1.59. The molecule has 6 heteroatoms. The molecule has 0 heterocycles. The number of rotatable bonds is 3. The zero-order valence-corrected chi connectivity index (χ0v) is 16.4. The van der Waals surface area contributed by atoms with Crippen LogP contribution in [0.3, 0.4) is 0 Å². The first-order chi connectivity index (χ1) is 12.9. The molecule has 0 unspecified atom stereocenters. The molecule has 0 aromatic carbocycles. The van der Waals surface area contributed by atoms with E-state index in [1.807, 2.05) is 0 Å². The van der Waals surface area contributed by atoms with Gasteiger partial charge in [-0.05, 0) is 38.5 Å². The van der Waals surface area contributed by atoms with Crippen molar-refractivity contribution < 1.29 is 29.7 Å². The van der Waals surface area contributed by atoms with Gasteiger partial charge < -0.3 is 15.3 Å². The van der Waals surface area contributed by atoms with Crippen LogP contribution in [-0.2, 0) is 14.4 Å². The fourth-order valence-corrected chi connectivity index (χ4v) is 4.05. The smallest absolute Gasteiger partial charge is 0.306 e. The molecule has 0 spiro atoms. The standard InChI is InChI=1S/C21H36O6/c22-19(23)16-10-4-1-5-11-17(20(24)25)13-7-3-9-15-18(21(26)27)14-8-2-6-12-16/h16-18H,1-15H2,(H,22,23)(H,24,25)(H,26,27). The molecule has 0 aromatic heterocycles. The molecular weight excluding hydrogens is 348 g/mol. The fraction of sp³-hybridized carbons (Fsp3) is 0.857. The van der Waals surface area contributed by atoms with Crippen LogP contribution < -0.4 is 0 Å². The molecule has 3 N–H and O–H groups in total. The Bertz CT molecular complexity index is 377. The van der Waals surface area contributed by atoms with Gasteiger partial charge in [0.25, 0.3) is 0 Å². The first-order valence-electron chi connectivity index (χ1n) is 10.6. The molecule has 0 aliphatic heterocycles. The maximum absolute atomic E-state index is 11.4. The van der Waals surface area contributed by atoms with Crippen LogP contribution >= 0.6 is 0 Å². The average molecular weight is 385 g/mol. The second-order valence-electron chi connectivity index (χ2n) is 8.02. The van der Waals surface area contributed by atoms with Gasteiger partial charge in [0.15, 0.2) is 0 Å². The van der Waals surface area contributed by atoms with Crippen LogP contribution in [0.15, 0.2) is 0 Å². The van der Waals surface area contributed by atoms with Gasteiger partial charge in [-0.1, -0.05) is 57.8 Å². The maximum atomic E-state index is 11.4. The number of aliphatic carboxylic acids is 3. The molecule has 0 atom stereocenters. The van der Waals surface area contributed by atoms with Gasteiger partial charge >= 0.3 is 17.9 Å². The molecule has 27 heavy (non-hydrogen) atoms. The minimum atomic E-state index is -0.753. The fourth-order valence-electron chi connectivity index (χ4n) is 4.05. The lowest BCUT2D eigenvalue weighted by molar-refractivity contribution is -0.143. The summed E-state index contributed by atoms with van der Waals surface area (Å²) in [5, 5.41) is 28.1. The number of hydrogen-bond acceptors (Lipinski definition) is 3. The minimum absolute atomic E-state index is 0.338. The molecule has 0 aromatic rings.